The third kappa shape index (κ3) is 3.98. The van der Waals surface area contributed by atoms with Gasteiger partial charge in [-0.15, -0.1) is 0 Å². The Hall–Kier alpha value is -2.86. The predicted octanol–water partition coefficient (Wildman–Crippen LogP) is 3.46. The maximum absolute atomic E-state index is 12.4. The number of hydrogen-bond acceptors (Lipinski definition) is 4. The first kappa shape index (κ1) is 19.5. The number of nitrogens with one attached hydrogen (secondary N) is 1. The molecule has 6 heteroatoms. The second-order valence-corrected chi connectivity index (χ2v) is 7.87. The molecule has 0 spiro atoms. The lowest BCUT2D eigenvalue weighted by molar-refractivity contribution is -0.139. The zero-order valence-electron chi connectivity index (χ0n) is 16.5. The lowest BCUT2D eigenvalue weighted by Gasteiger charge is -2.23. The van der Waals surface area contributed by atoms with Gasteiger partial charge in [-0.3, -0.25) is 0 Å². The molecule has 0 aromatic heterocycles. The number of benzene rings is 2. The van der Waals surface area contributed by atoms with Crippen LogP contribution in [0.3, 0.4) is 0 Å². The minimum atomic E-state index is -1.03. The van der Waals surface area contributed by atoms with Crippen molar-refractivity contribution in [1.29, 1.82) is 0 Å². The fourth-order valence-electron chi connectivity index (χ4n) is 4.55. The van der Waals surface area contributed by atoms with Crippen LogP contribution < -0.4 is 5.32 Å². The molecule has 1 aliphatic heterocycles. The third-order valence-corrected chi connectivity index (χ3v) is 6.11. The van der Waals surface area contributed by atoms with E-state index in [2.05, 4.69) is 34.5 Å². The zero-order chi connectivity index (χ0) is 20.4. The van der Waals surface area contributed by atoms with Crippen LogP contribution in [-0.4, -0.2) is 54.4 Å². The van der Waals surface area contributed by atoms with Crippen molar-refractivity contribution < 1.29 is 19.4 Å². The van der Waals surface area contributed by atoms with E-state index >= 15 is 0 Å². The highest BCUT2D eigenvalue weighted by Crippen LogP contribution is 2.44. The number of aliphatic carboxylic acids is 1. The highest BCUT2D eigenvalue weighted by atomic mass is 16.5. The van der Waals surface area contributed by atoms with E-state index < -0.39 is 18.1 Å². The zero-order valence-corrected chi connectivity index (χ0v) is 16.5. The Labute approximate surface area is 170 Å². The Morgan fingerprint density at radius 2 is 1.76 bits per heavy atom. The van der Waals surface area contributed by atoms with Crippen LogP contribution in [0.4, 0.5) is 4.79 Å². The summed E-state index contributed by atoms with van der Waals surface area (Å²) in [5.41, 5.74) is 4.57. The van der Waals surface area contributed by atoms with E-state index in [0.717, 1.165) is 41.6 Å². The number of carboxylic acids is 1. The molecule has 1 heterocycles. The fraction of sp³-hybridized carbons (Fsp3) is 0.391. The van der Waals surface area contributed by atoms with Crippen LogP contribution in [0.25, 0.3) is 11.1 Å². The number of carbonyl (C=O) groups excluding carboxylic acids is 1. The molecule has 152 valence electrons. The normalized spacial score (nSPS) is 19.4. The summed E-state index contributed by atoms with van der Waals surface area (Å²) in [6.07, 6.45) is 1.71. The molecular formula is C23H26N2O4. The summed E-state index contributed by atoms with van der Waals surface area (Å²) in [5.74, 6) is -1.07. The van der Waals surface area contributed by atoms with Crippen molar-refractivity contribution in [2.24, 2.45) is 0 Å². The molecule has 29 heavy (non-hydrogen) atoms. The number of alkyl carbamates (subject to hydrolysis) is 1. The Bertz CT molecular complexity index is 868. The van der Waals surface area contributed by atoms with Crippen LogP contribution >= 0.6 is 0 Å². The largest absolute Gasteiger partial charge is 0.480 e. The van der Waals surface area contributed by atoms with Crippen LogP contribution in [0.1, 0.15) is 36.3 Å². The average molecular weight is 394 g/mol. The number of nitrogens with zero attached hydrogens (tertiary/aromatic N) is 1. The van der Waals surface area contributed by atoms with E-state index in [1.54, 1.807) is 0 Å². The molecule has 6 nitrogen and oxygen atoms in total. The van der Waals surface area contributed by atoms with Gasteiger partial charge in [-0.25, -0.2) is 9.59 Å². The Balaban J connectivity index is 1.41. The second kappa shape index (κ2) is 8.25. The van der Waals surface area contributed by atoms with Gasteiger partial charge in [-0.1, -0.05) is 48.5 Å². The van der Waals surface area contributed by atoms with Crippen molar-refractivity contribution in [1.82, 2.24) is 10.2 Å². The second-order valence-electron chi connectivity index (χ2n) is 7.87. The summed E-state index contributed by atoms with van der Waals surface area (Å²) >= 11 is 0. The molecule has 0 bridgehead atoms. The molecule has 2 aromatic carbocycles. The number of ether oxygens (including phenoxy) is 1. The molecule has 2 unspecified atom stereocenters. The number of carbonyl (C=O) groups is 2. The highest BCUT2D eigenvalue weighted by Gasteiger charge is 2.31. The quantitative estimate of drug-likeness (QED) is 0.784. The van der Waals surface area contributed by atoms with Gasteiger partial charge in [-0.05, 0) is 55.1 Å². The summed E-state index contributed by atoms with van der Waals surface area (Å²) in [4.78, 5) is 26.2. The summed E-state index contributed by atoms with van der Waals surface area (Å²) in [6, 6.07) is 15.5. The first-order valence-electron chi connectivity index (χ1n) is 10.1. The van der Waals surface area contributed by atoms with E-state index in [4.69, 9.17) is 4.74 Å². The standard InChI is InChI=1S/C23H26N2O4/c1-25-12-6-7-15(25)13-21(22(26)27)24-23(28)29-14-20-18-10-4-2-8-16(18)17-9-3-5-11-19(17)20/h2-5,8-11,15,20-21H,6-7,12-14H2,1H3,(H,24,28)(H,26,27). The van der Waals surface area contributed by atoms with Crippen molar-refractivity contribution in [3.8, 4) is 11.1 Å². The molecule has 1 aliphatic carbocycles. The van der Waals surface area contributed by atoms with Gasteiger partial charge in [0.15, 0.2) is 0 Å². The average Bonchev–Trinajstić information content (AvgIpc) is 3.27. The highest BCUT2D eigenvalue weighted by molar-refractivity contribution is 5.81. The van der Waals surface area contributed by atoms with Gasteiger partial charge in [-0.2, -0.15) is 0 Å². The maximum Gasteiger partial charge on any atom is 0.407 e. The van der Waals surface area contributed by atoms with Gasteiger partial charge in [0, 0.05) is 12.0 Å². The molecule has 1 saturated heterocycles. The van der Waals surface area contributed by atoms with E-state index in [1.807, 2.05) is 31.3 Å². The Morgan fingerprint density at radius 3 is 2.31 bits per heavy atom. The van der Waals surface area contributed by atoms with Crippen molar-refractivity contribution >= 4 is 12.1 Å². The van der Waals surface area contributed by atoms with Crippen molar-refractivity contribution in [2.75, 3.05) is 20.2 Å². The molecule has 1 fully saturated rings. The smallest absolute Gasteiger partial charge is 0.407 e. The molecule has 2 N–H and O–H groups in total. The number of hydrogen-bond donors (Lipinski definition) is 2. The van der Waals surface area contributed by atoms with E-state index in [9.17, 15) is 14.7 Å². The van der Waals surface area contributed by atoms with Gasteiger partial charge < -0.3 is 20.1 Å². The SMILES string of the molecule is CN1CCCC1CC(NC(=O)OCC1c2ccccc2-c2ccccc21)C(=O)O. The number of amides is 1. The van der Waals surface area contributed by atoms with Gasteiger partial charge in [0.2, 0.25) is 0 Å². The number of carboxylic acid groups (broad SMARTS) is 1. The molecule has 4 rings (SSSR count). The summed E-state index contributed by atoms with van der Waals surface area (Å²) in [7, 11) is 1.99. The molecule has 2 aliphatic rings. The Morgan fingerprint density at radius 1 is 1.14 bits per heavy atom. The van der Waals surface area contributed by atoms with Gasteiger partial charge in [0.25, 0.3) is 0 Å². The fourth-order valence-corrected chi connectivity index (χ4v) is 4.55. The van der Waals surface area contributed by atoms with E-state index in [0.29, 0.717) is 6.42 Å². The number of rotatable bonds is 6. The summed E-state index contributed by atoms with van der Waals surface area (Å²) in [5, 5.41) is 12.1. The first-order valence-corrected chi connectivity index (χ1v) is 10.1. The number of likely N-dealkylation sites (tertiary alicyclic amines) is 1. The Kier molecular flexibility index (Phi) is 5.53. The van der Waals surface area contributed by atoms with Crippen LogP contribution in [0.2, 0.25) is 0 Å². The molecule has 1 amide bonds. The monoisotopic (exact) mass is 394 g/mol. The van der Waals surface area contributed by atoms with Crippen molar-refractivity contribution in [3.63, 3.8) is 0 Å². The van der Waals surface area contributed by atoms with Gasteiger partial charge >= 0.3 is 12.1 Å². The third-order valence-electron chi connectivity index (χ3n) is 6.11. The van der Waals surface area contributed by atoms with Crippen molar-refractivity contribution in [2.45, 2.75) is 37.3 Å². The van der Waals surface area contributed by atoms with Crippen LogP contribution in [0.5, 0.6) is 0 Å². The maximum atomic E-state index is 12.4. The van der Waals surface area contributed by atoms with Crippen LogP contribution in [0.15, 0.2) is 48.5 Å². The molecule has 2 aromatic rings. The molecule has 0 saturated carbocycles. The predicted molar refractivity (Wildman–Crippen MR) is 110 cm³/mol. The van der Waals surface area contributed by atoms with E-state index in [1.165, 1.54) is 0 Å². The summed E-state index contributed by atoms with van der Waals surface area (Å²) < 4.78 is 5.48. The van der Waals surface area contributed by atoms with Gasteiger partial charge in [0.05, 0.1) is 0 Å². The molecule has 2 atom stereocenters. The van der Waals surface area contributed by atoms with Crippen LogP contribution in [-0.2, 0) is 9.53 Å². The topological polar surface area (TPSA) is 78.9 Å². The molecule has 0 radical (unpaired) electrons. The van der Waals surface area contributed by atoms with Crippen molar-refractivity contribution in [3.05, 3.63) is 59.7 Å². The van der Waals surface area contributed by atoms with Gasteiger partial charge in [0.1, 0.15) is 12.6 Å². The minimum absolute atomic E-state index is 0.0441. The van der Waals surface area contributed by atoms with E-state index in [-0.39, 0.29) is 18.6 Å². The van der Waals surface area contributed by atoms with Crippen LogP contribution in [0, 0.1) is 0 Å². The summed E-state index contributed by atoms with van der Waals surface area (Å²) in [6.45, 7) is 1.14. The minimum Gasteiger partial charge on any atom is -0.480 e. The first-order chi connectivity index (χ1) is 14.0. The number of fused-ring (bicyclic) bond motifs is 3. The lowest BCUT2D eigenvalue weighted by atomic mass is 9.98. The lowest BCUT2D eigenvalue weighted by Crippen LogP contribution is -2.45. The molecular weight excluding hydrogens is 368 g/mol.